The molecule has 1 heterocycles. The van der Waals surface area contributed by atoms with Crippen LogP contribution in [0.25, 0.3) is 0 Å². The van der Waals surface area contributed by atoms with Crippen molar-refractivity contribution in [2.75, 3.05) is 6.61 Å². The van der Waals surface area contributed by atoms with Gasteiger partial charge in [-0.25, -0.2) is 0 Å². The molecule has 0 saturated carbocycles. The monoisotopic (exact) mass is 247 g/mol. The van der Waals surface area contributed by atoms with Gasteiger partial charge in [0, 0.05) is 42.9 Å². The first-order valence-electron chi connectivity index (χ1n) is 6.84. The zero-order valence-electron chi connectivity index (χ0n) is 10.8. The lowest BCUT2D eigenvalue weighted by Gasteiger charge is -2.26. The third-order valence-electron chi connectivity index (χ3n) is 4.20. The van der Waals surface area contributed by atoms with Crippen LogP contribution in [-0.4, -0.2) is 27.5 Å². The van der Waals surface area contributed by atoms with E-state index in [1.54, 1.807) is 0 Å². The molecule has 3 atom stereocenters. The Hall–Kier alpha value is -1.13. The van der Waals surface area contributed by atoms with Gasteiger partial charge in [0.1, 0.15) is 0 Å². The van der Waals surface area contributed by atoms with Crippen molar-refractivity contribution in [1.82, 2.24) is 15.1 Å². The molecule has 0 spiro atoms. The van der Waals surface area contributed by atoms with Crippen LogP contribution >= 0.6 is 0 Å². The van der Waals surface area contributed by atoms with Crippen LogP contribution in [0.1, 0.15) is 36.6 Å². The smallest absolute Gasteiger partial charge is 0.0540 e. The van der Waals surface area contributed by atoms with Crippen molar-refractivity contribution < 1.29 is 5.11 Å². The van der Waals surface area contributed by atoms with Gasteiger partial charge in [-0.1, -0.05) is 12.2 Å². The maximum absolute atomic E-state index is 9.16. The molecule has 2 aliphatic rings. The minimum atomic E-state index is 0.261. The molecule has 3 rings (SSSR count). The van der Waals surface area contributed by atoms with Crippen LogP contribution in [0, 0.1) is 5.92 Å². The highest BCUT2D eigenvalue weighted by Crippen LogP contribution is 2.31. The third kappa shape index (κ3) is 2.10. The van der Waals surface area contributed by atoms with Crippen molar-refractivity contribution in [1.29, 1.82) is 0 Å². The molecule has 0 bridgehead atoms. The van der Waals surface area contributed by atoms with Crippen molar-refractivity contribution >= 4 is 0 Å². The van der Waals surface area contributed by atoms with Crippen molar-refractivity contribution in [3.05, 3.63) is 29.6 Å². The lowest BCUT2D eigenvalue weighted by atomic mass is 9.92. The second kappa shape index (κ2) is 4.86. The van der Waals surface area contributed by atoms with Gasteiger partial charge in [0.05, 0.1) is 6.20 Å². The summed E-state index contributed by atoms with van der Waals surface area (Å²) < 4.78 is 2.00. The quantitative estimate of drug-likeness (QED) is 0.792. The lowest BCUT2D eigenvalue weighted by Crippen LogP contribution is -2.33. The Balaban J connectivity index is 1.70. The Kier molecular flexibility index (Phi) is 3.22. The third-order valence-corrected chi connectivity index (χ3v) is 4.20. The zero-order valence-corrected chi connectivity index (χ0v) is 10.8. The number of aliphatic hydroxyl groups excluding tert-OH is 1. The predicted octanol–water partition coefficient (Wildman–Crippen LogP) is 1.32. The molecule has 0 aliphatic heterocycles. The first kappa shape index (κ1) is 11.9. The van der Waals surface area contributed by atoms with E-state index in [4.69, 9.17) is 5.11 Å². The van der Waals surface area contributed by atoms with Crippen LogP contribution in [0.2, 0.25) is 0 Å². The number of aryl methyl sites for hydroxylation is 1. The summed E-state index contributed by atoms with van der Waals surface area (Å²) in [6, 6.07) is 0.827. The van der Waals surface area contributed by atoms with E-state index in [0.29, 0.717) is 18.0 Å². The molecule has 4 heteroatoms. The minimum Gasteiger partial charge on any atom is -0.396 e. The molecule has 1 unspecified atom stereocenters. The van der Waals surface area contributed by atoms with Crippen LogP contribution in [0.4, 0.5) is 0 Å². The van der Waals surface area contributed by atoms with Gasteiger partial charge in [-0.3, -0.25) is 4.68 Å². The Morgan fingerprint density at radius 2 is 2.39 bits per heavy atom. The first-order valence-corrected chi connectivity index (χ1v) is 6.84. The number of nitrogens with zero attached hydrogens (tertiary/aromatic N) is 2. The number of rotatable bonds is 3. The van der Waals surface area contributed by atoms with E-state index in [-0.39, 0.29) is 6.61 Å². The van der Waals surface area contributed by atoms with Crippen molar-refractivity contribution in [3.8, 4) is 0 Å². The molecule has 0 saturated heterocycles. The van der Waals surface area contributed by atoms with Crippen molar-refractivity contribution in [2.24, 2.45) is 13.0 Å². The van der Waals surface area contributed by atoms with Gasteiger partial charge in [-0.15, -0.1) is 0 Å². The minimum absolute atomic E-state index is 0.261. The van der Waals surface area contributed by atoms with E-state index in [1.807, 2.05) is 17.9 Å². The standard InChI is InChI=1S/C14H21N3O/c1-17-14-4-2-3-13(12(14)8-15-17)16-11-6-5-10(7-11)9-18/h5-6,8,10-11,13,16,18H,2-4,7,9H2,1H3/t10-,11+,13?/m0/s1. The Labute approximate surface area is 108 Å². The fourth-order valence-corrected chi connectivity index (χ4v) is 3.17. The molecule has 0 aromatic carbocycles. The summed E-state index contributed by atoms with van der Waals surface area (Å²) in [7, 11) is 2.03. The topological polar surface area (TPSA) is 50.1 Å². The molecule has 4 nitrogen and oxygen atoms in total. The number of aromatic nitrogens is 2. The maximum Gasteiger partial charge on any atom is 0.0540 e. The maximum atomic E-state index is 9.16. The Morgan fingerprint density at radius 3 is 3.17 bits per heavy atom. The normalized spacial score (nSPS) is 30.7. The fraction of sp³-hybridized carbons (Fsp3) is 0.643. The summed E-state index contributed by atoms with van der Waals surface area (Å²) >= 11 is 0. The number of fused-ring (bicyclic) bond motifs is 1. The van der Waals surface area contributed by atoms with Gasteiger partial charge >= 0.3 is 0 Å². The lowest BCUT2D eigenvalue weighted by molar-refractivity contribution is 0.243. The molecular formula is C14H21N3O. The number of hydrogen-bond donors (Lipinski definition) is 2. The van der Waals surface area contributed by atoms with Crippen LogP contribution < -0.4 is 5.32 Å². The molecule has 98 valence electrons. The van der Waals surface area contributed by atoms with Gasteiger partial charge < -0.3 is 10.4 Å². The summed E-state index contributed by atoms with van der Waals surface area (Å²) in [4.78, 5) is 0. The first-order chi connectivity index (χ1) is 8.78. The highest BCUT2D eigenvalue weighted by molar-refractivity contribution is 5.25. The molecule has 1 aromatic heterocycles. The van der Waals surface area contributed by atoms with Crippen LogP contribution in [0.5, 0.6) is 0 Å². The fourth-order valence-electron chi connectivity index (χ4n) is 3.17. The van der Waals surface area contributed by atoms with E-state index < -0.39 is 0 Å². The molecule has 0 fully saturated rings. The number of hydrogen-bond acceptors (Lipinski definition) is 3. The van der Waals surface area contributed by atoms with Gasteiger partial charge in [-0.2, -0.15) is 5.10 Å². The number of aliphatic hydroxyl groups is 1. The molecular weight excluding hydrogens is 226 g/mol. The second-order valence-corrected chi connectivity index (χ2v) is 5.45. The number of nitrogens with one attached hydrogen (secondary N) is 1. The van der Waals surface area contributed by atoms with E-state index in [9.17, 15) is 0 Å². The van der Waals surface area contributed by atoms with Crippen LogP contribution in [0.3, 0.4) is 0 Å². The summed E-state index contributed by atoms with van der Waals surface area (Å²) in [6.45, 7) is 0.261. The van der Waals surface area contributed by atoms with Gasteiger partial charge in [0.15, 0.2) is 0 Å². The molecule has 18 heavy (non-hydrogen) atoms. The molecule has 1 aromatic rings. The molecule has 2 aliphatic carbocycles. The average molecular weight is 247 g/mol. The Morgan fingerprint density at radius 1 is 1.50 bits per heavy atom. The molecule has 0 amide bonds. The zero-order chi connectivity index (χ0) is 12.5. The highest BCUT2D eigenvalue weighted by Gasteiger charge is 2.27. The predicted molar refractivity (Wildman–Crippen MR) is 70.1 cm³/mol. The summed E-state index contributed by atoms with van der Waals surface area (Å²) in [6.07, 6.45) is 10.9. The summed E-state index contributed by atoms with van der Waals surface area (Å²) in [5.74, 6) is 0.333. The van der Waals surface area contributed by atoms with Crippen LogP contribution in [-0.2, 0) is 13.5 Å². The van der Waals surface area contributed by atoms with Crippen molar-refractivity contribution in [2.45, 2.75) is 37.8 Å². The van der Waals surface area contributed by atoms with E-state index in [0.717, 1.165) is 12.8 Å². The molecule has 0 radical (unpaired) electrons. The van der Waals surface area contributed by atoms with Crippen molar-refractivity contribution in [3.63, 3.8) is 0 Å². The Bertz CT molecular complexity index is 452. The summed E-state index contributed by atoms with van der Waals surface area (Å²) in [5, 5.41) is 17.2. The largest absolute Gasteiger partial charge is 0.396 e. The second-order valence-electron chi connectivity index (χ2n) is 5.45. The van der Waals surface area contributed by atoms with E-state index >= 15 is 0 Å². The van der Waals surface area contributed by atoms with Gasteiger partial charge in [0.2, 0.25) is 0 Å². The van der Waals surface area contributed by atoms with E-state index in [2.05, 4.69) is 22.6 Å². The van der Waals surface area contributed by atoms with E-state index in [1.165, 1.54) is 24.1 Å². The van der Waals surface area contributed by atoms with Gasteiger partial charge in [-0.05, 0) is 25.7 Å². The SMILES string of the molecule is Cn1ncc2c1CCCC2N[C@@H]1C=C[C@H](CO)C1. The van der Waals surface area contributed by atoms with Crippen LogP contribution in [0.15, 0.2) is 18.3 Å². The summed E-state index contributed by atoms with van der Waals surface area (Å²) in [5.41, 5.74) is 2.74. The highest BCUT2D eigenvalue weighted by atomic mass is 16.3. The average Bonchev–Trinajstić information content (AvgIpc) is 2.98. The van der Waals surface area contributed by atoms with Gasteiger partial charge in [0.25, 0.3) is 0 Å². The molecule has 2 N–H and O–H groups in total.